The minimum absolute atomic E-state index is 0.228. The van der Waals surface area contributed by atoms with Crippen LogP contribution in [0.2, 0.25) is 0 Å². The number of halogens is 3. The number of hydrogen-bond donors (Lipinski definition) is 1. The lowest BCUT2D eigenvalue weighted by molar-refractivity contribution is -0.137. The lowest BCUT2D eigenvalue weighted by Crippen LogP contribution is -2.20. The molecule has 0 atom stereocenters. The second-order valence-electron chi connectivity index (χ2n) is 7.67. The van der Waals surface area contributed by atoms with Crippen LogP contribution in [0.25, 0.3) is 10.9 Å². The van der Waals surface area contributed by atoms with Crippen LogP contribution in [-0.2, 0) is 23.9 Å². The molecular weight excluding hydrogens is 441 g/mol. The van der Waals surface area contributed by atoms with Gasteiger partial charge in [-0.1, -0.05) is 54.6 Å². The molecule has 1 amide bonds. The van der Waals surface area contributed by atoms with Crippen LogP contribution >= 0.6 is 0 Å². The molecular formula is C26H19F3N4O. The van der Waals surface area contributed by atoms with Crippen LogP contribution in [0, 0.1) is 11.3 Å². The number of fused-ring (bicyclic) bond motifs is 1. The van der Waals surface area contributed by atoms with E-state index in [2.05, 4.69) is 16.6 Å². The van der Waals surface area contributed by atoms with Crippen molar-refractivity contribution in [1.29, 1.82) is 5.26 Å². The molecule has 3 aromatic carbocycles. The minimum atomic E-state index is -4.47. The van der Waals surface area contributed by atoms with Crippen molar-refractivity contribution in [3.05, 3.63) is 107 Å². The molecule has 0 aliphatic rings. The molecule has 170 valence electrons. The Morgan fingerprint density at radius 2 is 1.82 bits per heavy atom. The smallest absolute Gasteiger partial charge is 0.342 e. The predicted octanol–water partition coefficient (Wildman–Crippen LogP) is 5.27. The number of nitrogens with one attached hydrogen (secondary N) is 1. The van der Waals surface area contributed by atoms with Crippen LogP contribution in [0.3, 0.4) is 0 Å². The van der Waals surface area contributed by atoms with Crippen molar-refractivity contribution >= 4 is 23.0 Å². The number of carbonyl (C=O) groups is 1. The highest BCUT2D eigenvalue weighted by molar-refractivity contribution is 5.99. The lowest BCUT2D eigenvalue weighted by Gasteiger charge is -2.08. The van der Waals surface area contributed by atoms with E-state index in [9.17, 15) is 23.2 Å². The third-order valence-corrected chi connectivity index (χ3v) is 5.31. The summed E-state index contributed by atoms with van der Waals surface area (Å²) >= 11 is 0. The number of hydrogen-bond acceptors (Lipinski definition) is 3. The number of alkyl halides is 3. The molecule has 1 aromatic heterocycles. The fraction of sp³-hybridized carbons (Fsp3) is 0.115. The lowest BCUT2D eigenvalue weighted by atomic mass is 10.1. The summed E-state index contributed by atoms with van der Waals surface area (Å²) in [7, 11) is 0. The second-order valence-corrected chi connectivity index (χ2v) is 7.67. The van der Waals surface area contributed by atoms with Gasteiger partial charge in [-0.25, -0.2) is 5.43 Å². The number of rotatable bonds is 6. The van der Waals surface area contributed by atoms with Gasteiger partial charge in [-0.15, -0.1) is 0 Å². The van der Waals surface area contributed by atoms with Gasteiger partial charge in [0.1, 0.15) is 0 Å². The molecule has 0 saturated heterocycles. The average molecular weight is 460 g/mol. The van der Waals surface area contributed by atoms with Crippen molar-refractivity contribution in [2.24, 2.45) is 5.10 Å². The topological polar surface area (TPSA) is 70.2 Å². The number of amides is 1. The molecule has 0 spiro atoms. The zero-order valence-electron chi connectivity index (χ0n) is 17.9. The van der Waals surface area contributed by atoms with Crippen LogP contribution < -0.4 is 5.43 Å². The van der Waals surface area contributed by atoms with Crippen molar-refractivity contribution in [2.45, 2.75) is 19.1 Å². The van der Waals surface area contributed by atoms with Gasteiger partial charge in [-0.2, -0.15) is 23.5 Å². The Bertz CT molecular complexity index is 1410. The van der Waals surface area contributed by atoms with E-state index in [1.807, 2.05) is 53.2 Å². The molecule has 0 bridgehead atoms. The van der Waals surface area contributed by atoms with Crippen LogP contribution in [-0.4, -0.2) is 16.7 Å². The van der Waals surface area contributed by atoms with Crippen molar-refractivity contribution < 1.29 is 18.0 Å². The van der Waals surface area contributed by atoms with E-state index in [4.69, 9.17) is 0 Å². The van der Waals surface area contributed by atoms with Crippen LogP contribution in [0.15, 0.2) is 84.1 Å². The van der Waals surface area contributed by atoms with Gasteiger partial charge < -0.3 is 4.57 Å². The number of nitriles is 1. The van der Waals surface area contributed by atoms with Gasteiger partial charge >= 0.3 is 6.18 Å². The summed E-state index contributed by atoms with van der Waals surface area (Å²) in [5.41, 5.74) is 4.99. The van der Waals surface area contributed by atoms with Crippen molar-refractivity contribution in [1.82, 2.24) is 9.99 Å². The van der Waals surface area contributed by atoms with Gasteiger partial charge in [0, 0.05) is 29.2 Å². The van der Waals surface area contributed by atoms with Crippen LogP contribution in [0.5, 0.6) is 0 Å². The van der Waals surface area contributed by atoms with Crippen molar-refractivity contribution in [2.75, 3.05) is 0 Å². The molecule has 4 rings (SSSR count). The Morgan fingerprint density at radius 3 is 2.62 bits per heavy atom. The van der Waals surface area contributed by atoms with Crippen molar-refractivity contribution in [3.8, 4) is 6.07 Å². The molecule has 0 aliphatic carbocycles. The van der Waals surface area contributed by atoms with Gasteiger partial charge in [0.15, 0.2) is 0 Å². The number of carbonyl (C=O) groups excluding carboxylic acids is 1. The normalized spacial score (nSPS) is 11.6. The summed E-state index contributed by atoms with van der Waals surface area (Å²) in [5.74, 6) is -0.526. The van der Waals surface area contributed by atoms with E-state index in [-0.39, 0.29) is 12.0 Å². The van der Waals surface area contributed by atoms with E-state index < -0.39 is 17.6 Å². The van der Waals surface area contributed by atoms with Gasteiger partial charge in [0.25, 0.3) is 0 Å². The van der Waals surface area contributed by atoms with Gasteiger partial charge in [0.2, 0.25) is 5.91 Å². The van der Waals surface area contributed by atoms with Crippen LogP contribution in [0.4, 0.5) is 13.2 Å². The Labute approximate surface area is 193 Å². The first-order valence-electron chi connectivity index (χ1n) is 10.4. The molecule has 0 saturated carbocycles. The van der Waals surface area contributed by atoms with Gasteiger partial charge in [-0.05, 0) is 29.3 Å². The van der Waals surface area contributed by atoms with E-state index in [1.54, 1.807) is 6.07 Å². The summed E-state index contributed by atoms with van der Waals surface area (Å²) in [5, 5.41) is 14.3. The Balaban J connectivity index is 1.50. The fourth-order valence-corrected chi connectivity index (χ4v) is 3.72. The largest absolute Gasteiger partial charge is 0.416 e. The highest BCUT2D eigenvalue weighted by atomic mass is 19.4. The highest BCUT2D eigenvalue weighted by Gasteiger charge is 2.30. The van der Waals surface area contributed by atoms with E-state index in [0.717, 1.165) is 34.2 Å². The first-order chi connectivity index (χ1) is 16.3. The zero-order valence-corrected chi connectivity index (χ0v) is 17.9. The quantitative estimate of drug-likeness (QED) is 0.314. The average Bonchev–Trinajstić information content (AvgIpc) is 3.16. The molecule has 8 heteroatoms. The maximum Gasteiger partial charge on any atom is 0.416 e. The predicted molar refractivity (Wildman–Crippen MR) is 123 cm³/mol. The van der Waals surface area contributed by atoms with Gasteiger partial charge in [-0.3, -0.25) is 4.79 Å². The Kier molecular flexibility index (Phi) is 6.46. The molecule has 0 unspecified atom stereocenters. The first-order valence-corrected chi connectivity index (χ1v) is 10.4. The second kappa shape index (κ2) is 9.63. The highest BCUT2D eigenvalue weighted by Crippen LogP contribution is 2.29. The fourth-order valence-electron chi connectivity index (χ4n) is 3.72. The first kappa shape index (κ1) is 22.8. The number of nitrogens with zero attached hydrogens (tertiary/aromatic N) is 3. The van der Waals surface area contributed by atoms with E-state index >= 15 is 0 Å². The summed E-state index contributed by atoms with van der Waals surface area (Å²) in [6.45, 7) is 0.486. The standard InChI is InChI=1S/C26H19F3N4O/c27-26(28,29)22-9-5-6-18(12-22)13-25(34)32-31-15-21-17-33(24-11-4-3-10-23(21)24)16-20-8-2-1-7-19(20)14-30/h1-12,15,17H,13,16H2,(H,32,34). The zero-order chi connectivity index (χ0) is 24.1. The molecule has 0 fully saturated rings. The molecule has 5 nitrogen and oxygen atoms in total. The molecule has 4 aromatic rings. The monoisotopic (exact) mass is 460 g/mol. The SMILES string of the molecule is N#Cc1ccccc1Cn1cc(C=NNC(=O)Cc2cccc(C(F)(F)F)c2)c2ccccc21. The summed E-state index contributed by atoms with van der Waals surface area (Å²) in [4.78, 5) is 12.2. The summed E-state index contributed by atoms with van der Waals surface area (Å²) in [6.07, 6.45) is -1.32. The minimum Gasteiger partial charge on any atom is -0.342 e. The third-order valence-electron chi connectivity index (χ3n) is 5.31. The Hall–Kier alpha value is -4.38. The molecule has 0 radical (unpaired) electrons. The summed E-state index contributed by atoms with van der Waals surface area (Å²) in [6, 6.07) is 21.9. The van der Waals surface area contributed by atoms with Gasteiger partial charge in [0.05, 0.1) is 29.8 Å². The molecule has 34 heavy (non-hydrogen) atoms. The number of benzene rings is 3. The maximum absolute atomic E-state index is 12.9. The molecule has 1 heterocycles. The Morgan fingerprint density at radius 1 is 1.06 bits per heavy atom. The molecule has 1 N–H and O–H groups in total. The number of aromatic nitrogens is 1. The third kappa shape index (κ3) is 5.15. The maximum atomic E-state index is 12.9. The van der Waals surface area contributed by atoms with E-state index in [1.165, 1.54) is 18.3 Å². The number of hydrazone groups is 1. The molecule has 0 aliphatic heterocycles. The number of para-hydroxylation sites is 1. The van der Waals surface area contributed by atoms with Crippen LogP contribution in [0.1, 0.15) is 27.8 Å². The van der Waals surface area contributed by atoms with Crippen molar-refractivity contribution in [3.63, 3.8) is 0 Å². The summed E-state index contributed by atoms with van der Waals surface area (Å²) < 4.78 is 40.6. The van der Waals surface area contributed by atoms with E-state index in [0.29, 0.717) is 12.1 Å².